The van der Waals surface area contributed by atoms with Crippen LogP contribution in [-0.4, -0.2) is 42.9 Å². The van der Waals surface area contributed by atoms with Crippen LogP contribution in [0.3, 0.4) is 0 Å². The predicted molar refractivity (Wildman–Crippen MR) is 72.6 cm³/mol. The molecule has 4 heteroatoms. The molecule has 18 heavy (non-hydrogen) atoms. The number of likely N-dealkylation sites (N-methyl/N-ethyl adjacent to an activating group) is 1. The number of ether oxygens (including phenoxy) is 1. The Kier molecular flexibility index (Phi) is 4.44. The fourth-order valence-electron chi connectivity index (χ4n) is 2.31. The molecular weight excluding hydrogens is 228 g/mol. The van der Waals surface area contributed by atoms with Gasteiger partial charge in [0.1, 0.15) is 12.4 Å². The number of nitrogens with two attached hydrogens (primary N) is 1. The predicted octanol–water partition coefficient (Wildman–Crippen LogP) is 1.35. The van der Waals surface area contributed by atoms with E-state index in [2.05, 4.69) is 11.9 Å². The van der Waals surface area contributed by atoms with E-state index >= 15 is 0 Å². The average Bonchev–Trinajstić information content (AvgIpc) is 2.30. The fourth-order valence-corrected chi connectivity index (χ4v) is 2.31. The van der Waals surface area contributed by atoms with Crippen molar-refractivity contribution in [2.24, 2.45) is 5.92 Å². The Morgan fingerprint density at radius 3 is 2.78 bits per heavy atom. The quantitative estimate of drug-likeness (QED) is 0.748. The Bertz CT molecular complexity index is 378. The summed E-state index contributed by atoms with van der Waals surface area (Å²) in [6.45, 7) is 2.55. The SMILES string of the molecule is CN(CCOc1ccccc1N)CC1CC(O)C1. The fraction of sp³-hybridized carbons (Fsp3) is 0.571. The molecule has 0 aliphatic heterocycles. The average molecular weight is 250 g/mol. The molecule has 0 radical (unpaired) electrons. The highest BCUT2D eigenvalue weighted by molar-refractivity contribution is 5.51. The summed E-state index contributed by atoms with van der Waals surface area (Å²) in [4.78, 5) is 2.25. The summed E-state index contributed by atoms with van der Waals surface area (Å²) < 4.78 is 5.65. The van der Waals surface area contributed by atoms with Crippen LogP contribution in [0.5, 0.6) is 5.75 Å². The molecule has 0 bridgehead atoms. The number of benzene rings is 1. The molecule has 2 rings (SSSR count). The van der Waals surface area contributed by atoms with Gasteiger partial charge in [-0.1, -0.05) is 12.1 Å². The molecule has 1 aliphatic carbocycles. The molecule has 0 spiro atoms. The summed E-state index contributed by atoms with van der Waals surface area (Å²) in [7, 11) is 2.09. The topological polar surface area (TPSA) is 58.7 Å². The van der Waals surface area contributed by atoms with E-state index in [0.29, 0.717) is 18.2 Å². The Hall–Kier alpha value is -1.26. The van der Waals surface area contributed by atoms with E-state index in [9.17, 15) is 5.11 Å². The van der Waals surface area contributed by atoms with E-state index in [1.54, 1.807) is 0 Å². The standard InChI is InChI=1S/C14H22N2O2/c1-16(10-11-8-12(17)9-11)6-7-18-14-5-3-2-4-13(14)15/h2-5,11-12,17H,6-10,15H2,1H3. The van der Waals surface area contributed by atoms with Gasteiger partial charge in [-0.25, -0.2) is 0 Å². The maximum Gasteiger partial charge on any atom is 0.142 e. The number of anilines is 1. The third-order valence-electron chi connectivity index (χ3n) is 3.43. The van der Waals surface area contributed by atoms with Crippen LogP contribution < -0.4 is 10.5 Å². The molecule has 3 N–H and O–H groups in total. The lowest BCUT2D eigenvalue weighted by Gasteiger charge is -2.34. The van der Waals surface area contributed by atoms with Gasteiger partial charge >= 0.3 is 0 Å². The molecule has 1 aliphatic rings. The lowest BCUT2D eigenvalue weighted by Crippen LogP contribution is -2.38. The number of rotatable bonds is 6. The van der Waals surface area contributed by atoms with E-state index in [-0.39, 0.29) is 6.10 Å². The van der Waals surface area contributed by atoms with E-state index in [1.807, 2.05) is 24.3 Å². The Labute approximate surface area is 108 Å². The Morgan fingerprint density at radius 1 is 1.39 bits per heavy atom. The number of hydrogen-bond donors (Lipinski definition) is 2. The lowest BCUT2D eigenvalue weighted by atomic mass is 9.82. The number of aliphatic hydroxyl groups excluding tert-OH is 1. The van der Waals surface area contributed by atoms with Crippen molar-refractivity contribution in [3.63, 3.8) is 0 Å². The molecule has 0 atom stereocenters. The smallest absolute Gasteiger partial charge is 0.142 e. The molecule has 0 unspecified atom stereocenters. The zero-order chi connectivity index (χ0) is 13.0. The van der Waals surface area contributed by atoms with Crippen molar-refractivity contribution in [1.82, 2.24) is 4.90 Å². The monoisotopic (exact) mass is 250 g/mol. The van der Waals surface area contributed by atoms with Crippen molar-refractivity contribution >= 4 is 5.69 Å². The molecule has 1 aromatic rings. The molecule has 100 valence electrons. The lowest BCUT2D eigenvalue weighted by molar-refractivity contribution is 0.0269. The second-order valence-corrected chi connectivity index (χ2v) is 5.14. The van der Waals surface area contributed by atoms with Crippen LogP contribution in [0.1, 0.15) is 12.8 Å². The van der Waals surface area contributed by atoms with Crippen LogP contribution in [0.25, 0.3) is 0 Å². The number of aliphatic hydroxyl groups is 1. The highest BCUT2D eigenvalue weighted by Crippen LogP contribution is 2.27. The Morgan fingerprint density at radius 2 is 2.11 bits per heavy atom. The summed E-state index contributed by atoms with van der Waals surface area (Å²) in [5, 5.41) is 9.23. The first kappa shape index (κ1) is 13.2. The van der Waals surface area contributed by atoms with Gasteiger partial charge in [0.15, 0.2) is 0 Å². The summed E-state index contributed by atoms with van der Waals surface area (Å²) in [6.07, 6.45) is 1.82. The maximum absolute atomic E-state index is 9.23. The van der Waals surface area contributed by atoms with Crippen LogP contribution in [0, 0.1) is 5.92 Å². The molecule has 1 fully saturated rings. The molecule has 0 amide bonds. The highest BCUT2D eigenvalue weighted by atomic mass is 16.5. The molecule has 1 saturated carbocycles. The van der Waals surface area contributed by atoms with Crippen molar-refractivity contribution in [2.75, 3.05) is 32.5 Å². The summed E-state index contributed by atoms with van der Waals surface area (Å²) in [5.74, 6) is 1.40. The van der Waals surface area contributed by atoms with Crippen molar-refractivity contribution < 1.29 is 9.84 Å². The molecule has 0 aromatic heterocycles. The van der Waals surface area contributed by atoms with Crippen molar-refractivity contribution in [3.8, 4) is 5.75 Å². The number of para-hydroxylation sites is 2. The van der Waals surface area contributed by atoms with Crippen LogP contribution in [0.15, 0.2) is 24.3 Å². The van der Waals surface area contributed by atoms with E-state index in [4.69, 9.17) is 10.5 Å². The van der Waals surface area contributed by atoms with Gasteiger partial charge in [-0.2, -0.15) is 0 Å². The zero-order valence-corrected chi connectivity index (χ0v) is 10.9. The van der Waals surface area contributed by atoms with Crippen LogP contribution in [0.2, 0.25) is 0 Å². The summed E-state index contributed by atoms with van der Waals surface area (Å²) >= 11 is 0. The molecular formula is C14H22N2O2. The van der Waals surface area contributed by atoms with Crippen LogP contribution in [0.4, 0.5) is 5.69 Å². The van der Waals surface area contributed by atoms with E-state index in [1.165, 1.54) is 0 Å². The second kappa shape index (κ2) is 6.07. The Balaban J connectivity index is 1.64. The van der Waals surface area contributed by atoms with Crippen LogP contribution >= 0.6 is 0 Å². The van der Waals surface area contributed by atoms with Gasteiger partial charge < -0.3 is 20.5 Å². The zero-order valence-electron chi connectivity index (χ0n) is 10.9. The van der Waals surface area contributed by atoms with Crippen molar-refractivity contribution in [2.45, 2.75) is 18.9 Å². The van der Waals surface area contributed by atoms with Gasteiger partial charge in [-0.05, 0) is 37.9 Å². The van der Waals surface area contributed by atoms with Gasteiger partial charge in [0.05, 0.1) is 11.8 Å². The first-order valence-electron chi connectivity index (χ1n) is 6.49. The van der Waals surface area contributed by atoms with Gasteiger partial charge in [0.2, 0.25) is 0 Å². The molecule has 4 nitrogen and oxygen atoms in total. The van der Waals surface area contributed by atoms with Gasteiger partial charge in [0, 0.05) is 13.1 Å². The minimum absolute atomic E-state index is 0.0660. The molecule has 0 saturated heterocycles. The third-order valence-corrected chi connectivity index (χ3v) is 3.43. The third kappa shape index (κ3) is 3.62. The van der Waals surface area contributed by atoms with Crippen LogP contribution in [-0.2, 0) is 0 Å². The van der Waals surface area contributed by atoms with Crippen molar-refractivity contribution in [1.29, 1.82) is 0 Å². The van der Waals surface area contributed by atoms with E-state index in [0.717, 1.165) is 31.7 Å². The first-order valence-corrected chi connectivity index (χ1v) is 6.49. The van der Waals surface area contributed by atoms with Gasteiger partial charge in [0.25, 0.3) is 0 Å². The molecule has 0 heterocycles. The highest BCUT2D eigenvalue weighted by Gasteiger charge is 2.27. The number of nitrogens with zero attached hydrogens (tertiary/aromatic N) is 1. The number of nitrogen functional groups attached to an aromatic ring is 1. The minimum Gasteiger partial charge on any atom is -0.490 e. The van der Waals surface area contributed by atoms with Crippen molar-refractivity contribution in [3.05, 3.63) is 24.3 Å². The largest absolute Gasteiger partial charge is 0.490 e. The van der Waals surface area contributed by atoms with Gasteiger partial charge in [-0.3, -0.25) is 0 Å². The van der Waals surface area contributed by atoms with Gasteiger partial charge in [-0.15, -0.1) is 0 Å². The second-order valence-electron chi connectivity index (χ2n) is 5.14. The normalized spacial score (nSPS) is 22.8. The first-order chi connectivity index (χ1) is 8.65. The van der Waals surface area contributed by atoms with E-state index < -0.39 is 0 Å². The maximum atomic E-state index is 9.23. The molecule has 1 aromatic carbocycles. The number of hydrogen-bond acceptors (Lipinski definition) is 4. The summed E-state index contributed by atoms with van der Waals surface area (Å²) in [5.41, 5.74) is 6.48. The summed E-state index contributed by atoms with van der Waals surface area (Å²) in [6, 6.07) is 7.55. The minimum atomic E-state index is -0.0660.